The van der Waals surface area contributed by atoms with Gasteiger partial charge in [0.05, 0.1) is 16.7 Å². The Kier molecular flexibility index (Phi) is 9.84. The molecule has 0 unspecified atom stereocenters. The Labute approximate surface area is 401 Å². The highest BCUT2D eigenvalue weighted by atomic mass is 16.3. The van der Waals surface area contributed by atoms with Crippen molar-refractivity contribution in [1.29, 1.82) is 0 Å². The highest BCUT2D eigenvalue weighted by molar-refractivity contribution is 6.11. The molecule has 3 heteroatoms. The van der Waals surface area contributed by atoms with Crippen molar-refractivity contribution in [2.45, 2.75) is 0 Å². The van der Waals surface area contributed by atoms with Crippen molar-refractivity contribution < 1.29 is 4.42 Å². The second kappa shape index (κ2) is 16.9. The van der Waals surface area contributed by atoms with Gasteiger partial charge in [0.15, 0.2) is 0 Å². The first-order valence-corrected chi connectivity index (χ1v) is 23.6. The van der Waals surface area contributed by atoms with E-state index < -0.39 is 0 Å². The number of hydrogen-bond donors (Lipinski definition) is 0. The van der Waals surface area contributed by atoms with Crippen molar-refractivity contribution >= 4 is 60.8 Å². The minimum atomic E-state index is 0.904. The van der Waals surface area contributed by atoms with Crippen LogP contribution in [0.2, 0.25) is 0 Å². The third-order valence-corrected chi connectivity index (χ3v) is 13.6. The van der Waals surface area contributed by atoms with Gasteiger partial charge in [-0.15, -0.1) is 0 Å². The molecule has 0 aliphatic rings. The zero-order chi connectivity index (χ0) is 45.7. The molecular formula is C66H44N2O. The van der Waals surface area contributed by atoms with E-state index in [9.17, 15) is 0 Å². The zero-order valence-electron chi connectivity index (χ0n) is 37.7. The molecule has 3 nitrogen and oxygen atoms in total. The Bertz CT molecular complexity index is 3960. The molecule has 0 aliphatic carbocycles. The molecular weight excluding hydrogens is 837 g/mol. The number of furan rings is 1. The van der Waals surface area contributed by atoms with Gasteiger partial charge >= 0.3 is 0 Å². The highest BCUT2D eigenvalue weighted by Crippen LogP contribution is 2.42. The molecule has 13 rings (SSSR count). The normalized spacial score (nSPS) is 11.5. The van der Waals surface area contributed by atoms with Crippen molar-refractivity contribution in [3.8, 4) is 61.3 Å². The number of para-hydroxylation sites is 5. The maximum atomic E-state index is 6.45. The molecule has 0 N–H and O–H groups in total. The molecule has 0 radical (unpaired) electrons. The third-order valence-electron chi connectivity index (χ3n) is 13.6. The molecule has 13 aromatic rings. The van der Waals surface area contributed by atoms with Crippen molar-refractivity contribution in [3.63, 3.8) is 0 Å². The van der Waals surface area contributed by atoms with Crippen LogP contribution in [-0.2, 0) is 0 Å². The molecule has 0 atom stereocenters. The summed E-state index contributed by atoms with van der Waals surface area (Å²) in [7, 11) is 0. The van der Waals surface area contributed by atoms with Gasteiger partial charge in [-0.05, 0) is 117 Å². The van der Waals surface area contributed by atoms with Gasteiger partial charge in [0.1, 0.15) is 11.2 Å². The van der Waals surface area contributed by atoms with Gasteiger partial charge in [-0.25, -0.2) is 0 Å². The quantitative estimate of drug-likeness (QED) is 0.144. The van der Waals surface area contributed by atoms with Gasteiger partial charge in [0.25, 0.3) is 0 Å². The van der Waals surface area contributed by atoms with Crippen LogP contribution in [-0.4, -0.2) is 4.57 Å². The summed E-state index contributed by atoms with van der Waals surface area (Å²) < 4.78 is 8.87. The molecule has 2 aromatic heterocycles. The van der Waals surface area contributed by atoms with Crippen molar-refractivity contribution in [2.75, 3.05) is 4.90 Å². The van der Waals surface area contributed by atoms with Gasteiger partial charge < -0.3 is 13.9 Å². The second-order valence-electron chi connectivity index (χ2n) is 17.7. The highest BCUT2D eigenvalue weighted by Gasteiger charge is 2.19. The van der Waals surface area contributed by atoms with Gasteiger partial charge in [0, 0.05) is 49.7 Å². The van der Waals surface area contributed by atoms with Crippen LogP contribution in [0.4, 0.5) is 17.1 Å². The fourth-order valence-electron chi connectivity index (χ4n) is 10.3. The van der Waals surface area contributed by atoms with E-state index in [0.717, 1.165) is 78.1 Å². The van der Waals surface area contributed by atoms with E-state index in [4.69, 9.17) is 4.42 Å². The lowest BCUT2D eigenvalue weighted by molar-refractivity contribution is 0.670. The molecule has 0 aliphatic heterocycles. The fourth-order valence-corrected chi connectivity index (χ4v) is 10.3. The maximum Gasteiger partial charge on any atom is 0.143 e. The van der Waals surface area contributed by atoms with Crippen LogP contribution in [0.5, 0.6) is 0 Å². The molecule has 2 heterocycles. The van der Waals surface area contributed by atoms with Gasteiger partial charge in [-0.2, -0.15) is 0 Å². The van der Waals surface area contributed by atoms with Gasteiger partial charge in [-0.1, -0.05) is 194 Å². The lowest BCUT2D eigenvalue weighted by atomic mass is 9.97. The van der Waals surface area contributed by atoms with E-state index in [1.165, 1.54) is 44.1 Å². The average Bonchev–Trinajstić information content (AvgIpc) is 3.98. The van der Waals surface area contributed by atoms with Crippen LogP contribution < -0.4 is 4.90 Å². The second-order valence-corrected chi connectivity index (χ2v) is 17.7. The predicted octanol–water partition coefficient (Wildman–Crippen LogP) is 18.5. The molecule has 0 bridgehead atoms. The lowest BCUT2D eigenvalue weighted by Gasteiger charge is -2.27. The van der Waals surface area contributed by atoms with Gasteiger partial charge in [0.2, 0.25) is 0 Å². The van der Waals surface area contributed by atoms with E-state index in [-0.39, 0.29) is 0 Å². The average molecular weight is 881 g/mol. The Morgan fingerprint density at radius 3 is 1.39 bits per heavy atom. The molecule has 0 saturated carbocycles. The van der Waals surface area contributed by atoms with Crippen LogP contribution in [0.25, 0.3) is 105 Å². The number of anilines is 3. The lowest BCUT2D eigenvalue weighted by Crippen LogP contribution is -2.10. The molecule has 11 aromatic carbocycles. The standard InChI is InChI=1S/C66H44N2O/c1-2-16-45(17-3-1)48-18-12-19-49(42-48)46-34-38-53(39-35-46)67(54-40-36-47(37-41-54)50-20-13-21-51(43-50)57-28-15-29-61-60-27-7-11-33-65(60)69-66(57)61)55-23-14-22-52(44-55)56-24-4-8-30-62(56)68-63-31-9-5-25-58(63)59-26-6-10-32-64(59)68/h1-44H. The van der Waals surface area contributed by atoms with E-state index in [0.29, 0.717) is 0 Å². The summed E-state index contributed by atoms with van der Waals surface area (Å²) in [6, 6.07) is 96.1. The summed E-state index contributed by atoms with van der Waals surface area (Å²) in [5.74, 6) is 0. The molecule has 0 amide bonds. The smallest absolute Gasteiger partial charge is 0.143 e. The summed E-state index contributed by atoms with van der Waals surface area (Å²) in [6.45, 7) is 0. The van der Waals surface area contributed by atoms with Crippen molar-refractivity contribution in [1.82, 2.24) is 4.57 Å². The first-order valence-electron chi connectivity index (χ1n) is 23.6. The largest absolute Gasteiger partial charge is 0.455 e. The SMILES string of the molecule is c1ccc(-c2cccc(-c3ccc(N(c4ccc(-c5cccc(-c6cccc7c6oc6ccccc67)c5)cc4)c4cccc(-c5ccccc5-n5c6ccccc6c6ccccc65)c4)cc3)c2)cc1. The Hall–Kier alpha value is -9.18. The van der Waals surface area contributed by atoms with E-state index >= 15 is 0 Å². The number of aromatic nitrogens is 1. The van der Waals surface area contributed by atoms with Crippen molar-refractivity contribution in [2.24, 2.45) is 0 Å². The number of nitrogens with zero attached hydrogens (tertiary/aromatic N) is 2. The number of benzene rings is 11. The van der Waals surface area contributed by atoms with Crippen molar-refractivity contribution in [3.05, 3.63) is 267 Å². The third kappa shape index (κ3) is 7.16. The van der Waals surface area contributed by atoms with Crippen LogP contribution in [0.3, 0.4) is 0 Å². The van der Waals surface area contributed by atoms with Gasteiger partial charge in [-0.3, -0.25) is 0 Å². The first-order chi connectivity index (χ1) is 34.2. The fraction of sp³-hybridized carbons (Fsp3) is 0. The van der Waals surface area contributed by atoms with Crippen LogP contribution >= 0.6 is 0 Å². The van der Waals surface area contributed by atoms with Crippen LogP contribution in [0, 0.1) is 0 Å². The Morgan fingerprint density at radius 1 is 0.275 bits per heavy atom. The molecule has 69 heavy (non-hydrogen) atoms. The summed E-state index contributed by atoms with van der Waals surface area (Å²) in [4.78, 5) is 2.37. The minimum Gasteiger partial charge on any atom is -0.455 e. The Morgan fingerprint density at radius 2 is 0.725 bits per heavy atom. The summed E-state index contributed by atoms with van der Waals surface area (Å²) >= 11 is 0. The number of hydrogen-bond acceptors (Lipinski definition) is 2. The summed E-state index contributed by atoms with van der Waals surface area (Å²) in [5.41, 5.74) is 20.1. The maximum absolute atomic E-state index is 6.45. The molecule has 0 spiro atoms. The van der Waals surface area contributed by atoms with Crippen LogP contribution in [0.1, 0.15) is 0 Å². The Balaban J connectivity index is 0.904. The first kappa shape index (κ1) is 40.1. The van der Waals surface area contributed by atoms with E-state index in [2.05, 4.69) is 264 Å². The van der Waals surface area contributed by atoms with E-state index in [1.807, 2.05) is 12.1 Å². The molecule has 0 fully saturated rings. The predicted molar refractivity (Wildman–Crippen MR) is 290 cm³/mol. The monoisotopic (exact) mass is 880 g/mol. The molecule has 0 saturated heterocycles. The van der Waals surface area contributed by atoms with E-state index in [1.54, 1.807) is 0 Å². The topological polar surface area (TPSA) is 21.3 Å². The molecule has 324 valence electrons. The van der Waals surface area contributed by atoms with Crippen LogP contribution in [0.15, 0.2) is 271 Å². The number of fused-ring (bicyclic) bond motifs is 6. The zero-order valence-corrected chi connectivity index (χ0v) is 37.7. The summed E-state index contributed by atoms with van der Waals surface area (Å²) in [6.07, 6.45) is 0. The summed E-state index contributed by atoms with van der Waals surface area (Å²) in [5, 5.41) is 4.76. The number of rotatable bonds is 9. The minimum absolute atomic E-state index is 0.904.